The fourth-order valence-electron chi connectivity index (χ4n) is 2.91. The minimum absolute atomic E-state index is 0.175. The van der Waals surface area contributed by atoms with Crippen molar-refractivity contribution in [3.05, 3.63) is 81.8 Å². The van der Waals surface area contributed by atoms with Crippen LogP contribution in [0.4, 0.5) is 0 Å². The van der Waals surface area contributed by atoms with E-state index in [0.717, 1.165) is 16.5 Å². The van der Waals surface area contributed by atoms with Gasteiger partial charge in [0.2, 0.25) is 0 Å². The molecule has 128 valence electrons. The van der Waals surface area contributed by atoms with Gasteiger partial charge in [-0.2, -0.15) is 0 Å². The molecule has 0 atom stereocenters. The number of nitrogens with zero attached hydrogens (tertiary/aromatic N) is 1. The van der Waals surface area contributed by atoms with E-state index in [0.29, 0.717) is 18.5 Å². The number of carbonyl (C=O) groups excluding carboxylic acids is 1. The Bertz CT molecular complexity index is 965. The summed E-state index contributed by atoms with van der Waals surface area (Å²) in [5.74, 6) is -0.644. The van der Waals surface area contributed by atoms with Gasteiger partial charge in [-0.05, 0) is 35.7 Å². The highest BCUT2D eigenvalue weighted by molar-refractivity contribution is 5.98. The van der Waals surface area contributed by atoms with E-state index in [4.69, 9.17) is 5.21 Å². The molecule has 1 heterocycles. The fourth-order valence-corrected chi connectivity index (χ4v) is 2.91. The molecule has 1 amide bonds. The van der Waals surface area contributed by atoms with Gasteiger partial charge in [0.05, 0.1) is 6.54 Å². The second kappa shape index (κ2) is 7.29. The number of carbonyl (C=O) groups is 1. The Morgan fingerprint density at radius 3 is 2.56 bits per heavy atom. The van der Waals surface area contributed by atoms with E-state index in [1.807, 2.05) is 43.6 Å². The molecule has 3 aromatic rings. The van der Waals surface area contributed by atoms with Crippen LogP contribution in [0.5, 0.6) is 0 Å². The lowest BCUT2D eigenvalue weighted by Gasteiger charge is -2.13. The molecule has 0 aliphatic carbocycles. The van der Waals surface area contributed by atoms with E-state index >= 15 is 0 Å². The number of rotatable bonds is 5. The third-order valence-corrected chi connectivity index (χ3v) is 4.10. The predicted molar refractivity (Wildman–Crippen MR) is 95.8 cm³/mol. The molecular formula is C19H19N3O3. The van der Waals surface area contributed by atoms with Gasteiger partial charge in [0.15, 0.2) is 0 Å². The Hall–Kier alpha value is -2.96. The quantitative estimate of drug-likeness (QED) is 0.490. The van der Waals surface area contributed by atoms with Crippen LogP contribution in [-0.2, 0) is 13.1 Å². The SMILES string of the molecule is CNCc1cn(Cc2ccccc2)c(=O)c2cc(C(=O)NO)ccc12. The largest absolute Gasteiger partial charge is 0.316 e. The topological polar surface area (TPSA) is 83.4 Å². The Labute approximate surface area is 144 Å². The number of fused-ring (bicyclic) bond motifs is 1. The minimum atomic E-state index is -0.644. The summed E-state index contributed by atoms with van der Waals surface area (Å²) in [5, 5.41) is 13.2. The lowest BCUT2D eigenvalue weighted by atomic mass is 10.0. The average Bonchev–Trinajstić information content (AvgIpc) is 2.65. The van der Waals surface area contributed by atoms with Gasteiger partial charge in [0, 0.05) is 23.7 Å². The number of hydroxylamine groups is 1. The standard InChI is InChI=1S/C19H19N3O3/c1-20-10-15-12-22(11-13-5-3-2-4-6-13)19(24)17-9-14(18(23)21-25)7-8-16(15)17/h2-9,12,20,25H,10-11H2,1H3,(H,21,23). The predicted octanol–water partition coefficient (Wildman–Crippen LogP) is 1.89. The summed E-state index contributed by atoms with van der Waals surface area (Å²) in [5.41, 5.74) is 3.64. The Morgan fingerprint density at radius 1 is 1.12 bits per heavy atom. The van der Waals surface area contributed by atoms with Gasteiger partial charge in [0.25, 0.3) is 11.5 Å². The molecule has 0 fully saturated rings. The molecule has 0 aliphatic rings. The molecule has 0 aliphatic heterocycles. The van der Waals surface area contributed by atoms with Crippen LogP contribution in [0, 0.1) is 0 Å². The van der Waals surface area contributed by atoms with Crippen LogP contribution < -0.4 is 16.4 Å². The lowest BCUT2D eigenvalue weighted by Crippen LogP contribution is -2.24. The Kier molecular flexibility index (Phi) is 4.92. The van der Waals surface area contributed by atoms with Crippen LogP contribution >= 0.6 is 0 Å². The number of amides is 1. The molecule has 3 rings (SSSR count). The first-order valence-electron chi connectivity index (χ1n) is 7.93. The maximum atomic E-state index is 12.9. The summed E-state index contributed by atoms with van der Waals surface area (Å²) in [6.07, 6.45) is 1.85. The van der Waals surface area contributed by atoms with Gasteiger partial charge in [-0.15, -0.1) is 0 Å². The molecule has 1 aromatic heterocycles. The van der Waals surface area contributed by atoms with E-state index in [-0.39, 0.29) is 11.1 Å². The number of pyridine rings is 1. The Morgan fingerprint density at radius 2 is 1.88 bits per heavy atom. The van der Waals surface area contributed by atoms with Gasteiger partial charge < -0.3 is 9.88 Å². The van der Waals surface area contributed by atoms with Crippen LogP contribution in [0.25, 0.3) is 10.8 Å². The van der Waals surface area contributed by atoms with Crippen molar-refractivity contribution in [3.63, 3.8) is 0 Å². The number of hydrogen-bond acceptors (Lipinski definition) is 4. The van der Waals surface area contributed by atoms with Gasteiger partial charge >= 0.3 is 0 Å². The van der Waals surface area contributed by atoms with Gasteiger partial charge in [-0.1, -0.05) is 36.4 Å². The number of nitrogens with one attached hydrogen (secondary N) is 2. The second-order valence-electron chi connectivity index (χ2n) is 5.80. The van der Waals surface area contributed by atoms with Crippen LogP contribution in [0.15, 0.2) is 59.5 Å². The van der Waals surface area contributed by atoms with Crippen molar-refractivity contribution in [1.29, 1.82) is 0 Å². The van der Waals surface area contributed by atoms with Crippen LogP contribution in [0.1, 0.15) is 21.5 Å². The van der Waals surface area contributed by atoms with Crippen molar-refractivity contribution in [3.8, 4) is 0 Å². The second-order valence-corrected chi connectivity index (χ2v) is 5.80. The number of benzene rings is 2. The van der Waals surface area contributed by atoms with Gasteiger partial charge in [0.1, 0.15) is 0 Å². The molecular weight excluding hydrogens is 318 g/mol. The zero-order valence-corrected chi connectivity index (χ0v) is 13.8. The van der Waals surface area contributed by atoms with Crippen molar-refractivity contribution in [2.75, 3.05) is 7.05 Å². The maximum Gasteiger partial charge on any atom is 0.274 e. The third-order valence-electron chi connectivity index (χ3n) is 4.10. The summed E-state index contributed by atoms with van der Waals surface area (Å²) in [6.45, 7) is 1.04. The van der Waals surface area contributed by atoms with Crippen molar-refractivity contribution >= 4 is 16.7 Å². The van der Waals surface area contributed by atoms with Crippen LogP contribution in [0.2, 0.25) is 0 Å². The smallest absolute Gasteiger partial charge is 0.274 e. The highest BCUT2D eigenvalue weighted by atomic mass is 16.5. The first kappa shape index (κ1) is 16.9. The van der Waals surface area contributed by atoms with E-state index < -0.39 is 5.91 Å². The molecule has 6 heteroatoms. The summed E-state index contributed by atoms with van der Waals surface area (Å²) in [7, 11) is 1.84. The van der Waals surface area contributed by atoms with Gasteiger partial charge in [-0.3, -0.25) is 14.8 Å². The van der Waals surface area contributed by atoms with E-state index in [2.05, 4.69) is 5.32 Å². The summed E-state index contributed by atoms with van der Waals surface area (Å²) >= 11 is 0. The molecule has 0 spiro atoms. The molecule has 0 bridgehead atoms. The van der Waals surface area contributed by atoms with E-state index in [1.54, 1.807) is 22.2 Å². The monoisotopic (exact) mass is 337 g/mol. The Balaban J connectivity index is 2.18. The van der Waals surface area contributed by atoms with E-state index in [9.17, 15) is 9.59 Å². The highest BCUT2D eigenvalue weighted by Crippen LogP contribution is 2.18. The third kappa shape index (κ3) is 3.45. The zero-order valence-electron chi connectivity index (χ0n) is 13.8. The molecule has 0 saturated carbocycles. The van der Waals surface area contributed by atoms with Gasteiger partial charge in [-0.25, -0.2) is 5.48 Å². The molecule has 25 heavy (non-hydrogen) atoms. The molecule has 3 N–H and O–H groups in total. The van der Waals surface area contributed by atoms with E-state index in [1.165, 1.54) is 6.07 Å². The number of aromatic nitrogens is 1. The van der Waals surface area contributed by atoms with Crippen LogP contribution in [0.3, 0.4) is 0 Å². The normalized spacial score (nSPS) is 10.8. The molecule has 6 nitrogen and oxygen atoms in total. The first-order valence-corrected chi connectivity index (χ1v) is 7.93. The summed E-state index contributed by atoms with van der Waals surface area (Å²) in [6, 6.07) is 14.6. The van der Waals surface area contributed by atoms with Crippen LogP contribution in [-0.4, -0.2) is 22.7 Å². The molecule has 0 saturated heterocycles. The highest BCUT2D eigenvalue weighted by Gasteiger charge is 2.12. The lowest BCUT2D eigenvalue weighted by molar-refractivity contribution is 0.0706. The fraction of sp³-hybridized carbons (Fsp3) is 0.158. The van der Waals surface area contributed by atoms with Crippen molar-refractivity contribution in [1.82, 2.24) is 15.4 Å². The summed E-state index contributed by atoms with van der Waals surface area (Å²) < 4.78 is 1.64. The minimum Gasteiger partial charge on any atom is -0.316 e. The van der Waals surface area contributed by atoms with Crippen molar-refractivity contribution in [2.45, 2.75) is 13.1 Å². The first-order chi connectivity index (χ1) is 12.1. The molecule has 2 aromatic carbocycles. The van der Waals surface area contributed by atoms with Crippen molar-refractivity contribution < 1.29 is 10.0 Å². The van der Waals surface area contributed by atoms with Crippen molar-refractivity contribution in [2.24, 2.45) is 0 Å². The average molecular weight is 337 g/mol. The summed E-state index contributed by atoms with van der Waals surface area (Å²) in [4.78, 5) is 24.6. The maximum absolute atomic E-state index is 12.9. The molecule has 0 radical (unpaired) electrons. The zero-order chi connectivity index (χ0) is 17.8. The molecule has 0 unspecified atom stereocenters. The number of hydrogen-bond donors (Lipinski definition) is 3.